The van der Waals surface area contributed by atoms with Gasteiger partial charge in [0.1, 0.15) is 17.2 Å². The minimum absolute atomic E-state index is 0.0734. The number of fused-ring (bicyclic) bond motifs is 1. The molecule has 12 heteroatoms. The van der Waals surface area contributed by atoms with Crippen LogP contribution in [0.4, 0.5) is 0 Å². The largest absolute Gasteiger partial charge is 0.484 e. The summed E-state index contributed by atoms with van der Waals surface area (Å²) in [4.78, 5) is 36.9. The van der Waals surface area contributed by atoms with Crippen LogP contribution < -0.4 is 10.1 Å². The number of carbonyl (C=O) groups excluding carboxylic acids is 2. The normalized spacial score (nSPS) is 21.5. The summed E-state index contributed by atoms with van der Waals surface area (Å²) in [6, 6.07) is 7.70. The van der Waals surface area contributed by atoms with Gasteiger partial charge in [0.15, 0.2) is 18.1 Å². The van der Waals surface area contributed by atoms with Gasteiger partial charge in [0, 0.05) is 0 Å². The average Bonchev–Trinajstić information content (AvgIpc) is 2.63. The van der Waals surface area contributed by atoms with Gasteiger partial charge in [0.25, 0.3) is 11.8 Å². The molecule has 0 bridgehead atoms. The van der Waals surface area contributed by atoms with Crippen molar-refractivity contribution in [3.8, 4) is 5.75 Å². The number of amides is 2. The van der Waals surface area contributed by atoms with Gasteiger partial charge in [-0.05, 0) is 12.1 Å². The van der Waals surface area contributed by atoms with E-state index in [1.165, 1.54) is 0 Å². The highest BCUT2D eigenvalue weighted by atomic mass is 32.2. The molecule has 3 rings (SSSR count). The highest BCUT2D eigenvalue weighted by molar-refractivity contribution is 8.00. The van der Waals surface area contributed by atoms with E-state index in [1.54, 1.807) is 30.3 Å². The van der Waals surface area contributed by atoms with Crippen molar-refractivity contribution < 1.29 is 36.8 Å². The third kappa shape index (κ3) is 4.22. The van der Waals surface area contributed by atoms with E-state index in [-0.39, 0.29) is 18.1 Å². The number of rotatable bonds is 7. The third-order valence-corrected chi connectivity index (χ3v) is 5.57. The molecule has 0 radical (unpaired) electrons. The molecule has 2 aliphatic heterocycles. The number of carbonyl (C=O) groups is 3. The second kappa shape index (κ2) is 7.72. The molecule has 28 heavy (non-hydrogen) atoms. The van der Waals surface area contributed by atoms with E-state index < -0.39 is 45.0 Å². The van der Waals surface area contributed by atoms with E-state index in [0.717, 1.165) is 22.9 Å². The molecule has 0 saturated carbocycles. The predicted molar refractivity (Wildman–Crippen MR) is 97.6 cm³/mol. The van der Waals surface area contributed by atoms with E-state index in [0.29, 0.717) is 5.75 Å². The van der Waals surface area contributed by atoms with Gasteiger partial charge in [-0.25, -0.2) is 4.79 Å². The van der Waals surface area contributed by atoms with Gasteiger partial charge < -0.3 is 19.3 Å². The van der Waals surface area contributed by atoms with Crippen molar-refractivity contribution in [1.82, 2.24) is 10.2 Å². The molecular weight excluding hydrogens is 412 g/mol. The van der Waals surface area contributed by atoms with Crippen LogP contribution in [0.15, 0.2) is 41.8 Å². The fraction of sp³-hybridized carbons (Fsp3) is 0.312. The van der Waals surface area contributed by atoms with Gasteiger partial charge in [-0.15, -0.1) is 11.8 Å². The summed E-state index contributed by atoms with van der Waals surface area (Å²) in [6.45, 7) is -0.310. The summed E-state index contributed by atoms with van der Waals surface area (Å²) in [7, 11) is -3.95. The Labute approximate surface area is 164 Å². The molecule has 1 aromatic carbocycles. The van der Waals surface area contributed by atoms with Crippen molar-refractivity contribution in [1.29, 1.82) is 0 Å². The Kier molecular flexibility index (Phi) is 5.52. The molecule has 0 aliphatic carbocycles. The minimum atomic E-state index is -3.95. The second-order valence-electron chi connectivity index (χ2n) is 5.92. The lowest BCUT2D eigenvalue weighted by atomic mass is 10.0. The molecule has 1 fully saturated rings. The van der Waals surface area contributed by atoms with Crippen LogP contribution in [0.3, 0.4) is 0 Å². The van der Waals surface area contributed by atoms with Crippen molar-refractivity contribution in [2.45, 2.75) is 11.4 Å². The van der Waals surface area contributed by atoms with Gasteiger partial charge in [-0.2, -0.15) is 8.42 Å². The summed E-state index contributed by atoms with van der Waals surface area (Å²) in [6.07, 6.45) is 0.782. The zero-order valence-corrected chi connectivity index (χ0v) is 16.2. The molecule has 2 N–H and O–H groups in total. The van der Waals surface area contributed by atoms with Gasteiger partial charge in [0.2, 0.25) is 0 Å². The maximum absolute atomic E-state index is 12.4. The highest BCUT2D eigenvalue weighted by Crippen LogP contribution is 2.40. The molecule has 1 unspecified atom stereocenters. The Morgan fingerprint density at radius 2 is 2.00 bits per heavy atom. The Bertz CT molecular complexity index is 945. The van der Waals surface area contributed by atoms with E-state index >= 15 is 0 Å². The molecule has 0 spiro atoms. The van der Waals surface area contributed by atoms with Crippen LogP contribution in [0.2, 0.25) is 0 Å². The summed E-state index contributed by atoms with van der Waals surface area (Å²) in [5.74, 6) is -2.62. The van der Waals surface area contributed by atoms with Crippen molar-refractivity contribution >= 4 is 39.7 Å². The van der Waals surface area contributed by atoms with Crippen LogP contribution in [0, 0.1) is 0 Å². The van der Waals surface area contributed by atoms with E-state index in [4.69, 9.17) is 8.92 Å². The predicted octanol–water partition coefficient (Wildman–Crippen LogP) is -0.262. The standard InChI is InChI=1S/C16H16N2O8S2/c1-28(23,24)26-10-8-27-15-12(14(20)18(15)13(10)16(21)22)17-11(19)7-25-9-5-3-2-4-6-9/h2-6,12,15H,7-8H2,1H3,(H,17,19)(H,21,22)/t12?,15-/m1/s1. The third-order valence-electron chi connectivity index (χ3n) is 3.82. The van der Waals surface area contributed by atoms with Gasteiger partial charge in [-0.3, -0.25) is 14.5 Å². The Hall–Kier alpha value is -2.73. The Balaban J connectivity index is 1.66. The monoisotopic (exact) mass is 428 g/mol. The summed E-state index contributed by atoms with van der Waals surface area (Å²) in [5.41, 5.74) is -0.537. The van der Waals surface area contributed by atoms with Crippen molar-refractivity contribution in [2.24, 2.45) is 0 Å². The minimum Gasteiger partial charge on any atom is -0.484 e. The first-order valence-electron chi connectivity index (χ1n) is 7.95. The van der Waals surface area contributed by atoms with Gasteiger partial charge in [0.05, 0.1) is 12.0 Å². The lowest BCUT2D eigenvalue weighted by Crippen LogP contribution is -2.70. The molecule has 150 valence electrons. The number of carboxylic acid groups (broad SMARTS) is 1. The molecule has 2 aliphatic rings. The SMILES string of the molecule is CS(=O)(=O)OC1=C(C(=O)O)N2C(=O)C(NC(=O)COc3ccccc3)[C@H]2SC1. The highest BCUT2D eigenvalue weighted by Gasteiger charge is 2.55. The van der Waals surface area contributed by atoms with Crippen LogP contribution in [0.25, 0.3) is 0 Å². The molecule has 2 heterocycles. The van der Waals surface area contributed by atoms with Crippen molar-refractivity contribution in [2.75, 3.05) is 18.6 Å². The van der Waals surface area contributed by atoms with Crippen LogP contribution in [-0.2, 0) is 28.7 Å². The van der Waals surface area contributed by atoms with Gasteiger partial charge in [-0.1, -0.05) is 18.2 Å². The average molecular weight is 428 g/mol. The van der Waals surface area contributed by atoms with E-state index in [2.05, 4.69) is 5.32 Å². The van der Waals surface area contributed by atoms with E-state index in [1.807, 2.05) is 0 Å². The number of para-hydroxylation sites is 1. The number of hydrogen-bond acceptors (Lipinski definition) is 8. The lowest BCUT2D eigenvalue weighted by Gasteiger charge is -2.48. The molecule has 2 atom stereocenters. The number of nitrogens with zero attached hydrogens (tertiary/aromatic N) is 1. The smallest absolute Gasteiger partial charge is 0.356 e. The summed E-state index contributed by atoms with van der Waals surface area (Å²) >= 11 is 1.09. The number of nitrogens with one attached hydrogen (secondary N) is 1. The maximum Gasteiger partial charge on any atom is 0.356 e. The summed E-state index contributed by atoms with van der Waals surface area (Å²) in [5, 5.41) is 11.2. The summed E-state index contributed by atoms with van der Waals surface area (Å²) < 4.78 is 32.7. The molecular formula is C16H16N2O8S2. The van der Waals surface area contributed by atoms with Crippen molar-refractivity contribution in [3.05, 3.63) is 41.8 Å². The second-order valence-corrected chi connectivity index (χ2v) is 8.60. The van der Waals surface area contributed by atoms with Crippen LogP contribution >= 0.6 is 11.8 Å². The lowest BCUT2D eigenvalue weighted by molar-refractivity contribution is -0.151. The molecule has 2 amide bonds. The Morgan fingerprint density at radius 3 is 2.61 bits per heavy atom. The number of thioether (sulfide) groups is 1. The van der Waals surface area contributed by atoms with Crippen LogP contribution in [0.5, 0.6) is 5.75 Å². The fourth-order valence-electron chi connectivity index (χ4n) is 2.72. The number of ether oxygens (including phenoxy) is 1. The van der Waals surface area contributed by atoms with Crippen molar-refractivity contribution in [3.63, 3.8) is 0 Å². The number of hydrogen-bond donors (Lipinski definition) is 2. The number of β-lactam (4-membered cyclic amide) rings is 1. The molecule has 10 nitrogen and oxygen atoms in total. The first-order valence-corrected chi connectivity index (χ1v) is 10.8. The Morgan fingerprint density at radius 1 is 1.32 bits per heavy atom. The topological polar surface area (TPSA) is 139 Å². The fourth-order valence-corrected chi connectivity index (χ4v) is 4.55. The van der Waals surface area contributed by atoms with Crippen LogP contribution in [-0.4, -0.2) is 66.2 Å². The number of benzene rings is 1. The number of carboxylic acids is 1. The zero-order chi connectivity index (χ0) is 20.5. The molecule has 0 aromatic heterocycles. The number of aliphatic carboxylic acids is 1. The zero-order valence-electron chi connectivity index (χ0n) is 14.5. The first-order chi connectivity index (χ1) is 13.2. The maximum atomic E-state index is 12.4. The van der Waals surface area contributed by atoms with E-state index in [9.17, 15) is 27.9 Å². The molecule has 1 aromatic rings. The van der Waals surface area contributed by atoms with Gasteiger partial charge >= 0.3 is 16.1 Å². The quantitative estimate of drug-likeness (QED) is 0.444. The van der Waals surface area contributed by atoms with Crippen LogP contribution in [0.1, 0.15) is 0 Å². The molecule has 1 saturated heterocycles. The first kappa shape index (κ1) is 20.0.